The third kappa shape index (κ3) is 3.93. The summed E-state index contributed by atoms with van der Waals surface area (Å²) in [6.07, 6.45) is 0. The maximum Gasteiger partial charge on any atom is 0.0562 e. The molecule has 0 saturated heterocycles. The Morgan fingerprint density at radius 2 is 1.06 bits per heavy atom. The van der Waals surface area contributed by atoms with Gasteiger partial charge in [0.2, 0.25) is 0 Å². The third-order valence-electron chi connectivity index (χ3n) is 11.5. The maximum atomic E-state index is 2.46. The molecule has 0 radical (unpaired) electrons. The van der Waals surface area contributed by atoms with Crippen LogP contribution >= 0.6 is 0 Å². The predicted molar refractivity (Wildman–Crippen MR) is 216 cm³/mol. The van der Waals surface area contributed by atoms with Gasteiger partial charge < -0.3 is 9.13 Å². The minimum Gasteiger partial charge on any atom is -0.309 e. The van der Waals surface area contributed by atoms with Crippen LogP contribution in [0.5, 0.6) is 0 Å². The standard InChI is InChI=1S/C49H34N2/c1-49(2)42-21-10-8-19-37(42)38-25-23-33(28-43(38)49)32-14-12-17-35(27-32)51-44-22-11-9-20-39(44)40-29-41-47(30-46(40)51)50(34-15-4-3-5-16-34)45-26-24-31-13-6-7-18-36(31)48(41)45/h3-30H,1-2H3. The average molecular weight is 651 g/mol. The van der Waals surface area contributed by atoms with E-state index in [1.54, 1.807) is 0 Å². The largest absolute Gasteiger partial charge is 0.309 e. The molecule has 0 amide bonds. The van der Waals surface area contributed by atoms with E-state index in [0.717, 1.165) is 5.69 Å². The van der Waals surface area contributed by atoms with E-state index in [0.29, 0.717) is 0 Å². The topological polar surface area (TPSA) is 9.86 Å². The van der Waals surface area contributed by atoms with Gasteiger partial charge in [-0.1, -0.05) is 129 Å². The molecule has 1 aliphatic carbocycles. The van der Waals surface area contributed by atoms with Crippen molar-refractivity contribution in [2.24, 2.45) is 0 Å². The molecule has 0 N–H and O–H groups in total. The smallest absolute Gasteiger partial charge is 0.0562 e. The number of benzene rings is 8. The first-order valence-electron chi connectivity index (χ1n) is 17.9. The highest BCUT2D eigenvalue weighted by Crippen LogP contribution is 2.50. The normalized spacial score (nSPS) is 13.5. The molecule has 0 atom stereocenters. The summed E-state index contributed by atoms with van der Waals surface area (Å²) in [5, 5.41) is 7.64. The molecule has 2 heterocycles. The van der Waals surface area contributed by atoms with Gasteiger partial charge in [-0.2, -0.15) is 0 Å². The van der Waals surface area contributed by atoms with Gasteiger partial charge in [0, 0.05) is 38.3 Å². The van der Waals surface area contributed by atoms with Crippen LogP contribution in [0.15, 0.2) is 170 Å². The highest BCUT2D eigenvalue weighted by molar-refractivity contribution is 6.25. The van der Waals surface area contributed by atoms with Gasteiger partial charge in [-0.3, -0.25) is 0 Å². The van der Waals surface area contributed by atoms with Gasteiger partial charge in [0.1, 0.15) is 0 Å². The predicted octanol–water partition coefficient (Wildman–Crippen LogP) is 13.0. The Kier molecular flexibility index (Phi) is 5.76. The minimum atomic E-state index is -0.0414. The zero-order valence-corrected chi connectivity index (χ0v) is 28.6. The Labute approximate surface area is 296 Å². The lowest BCUT2D eigenvalue weighted by molar-refractivity contribution is 0.660. The summed E-state index contributed by atoms with van der Waals surface area (Å²) in [7, 11) is 0. The van der Waals surface area contributed by atoms with Crippen LogP contribution in [0.2, 0.25) is 0 Å². The molecule has 51 heavy (non-hydrogen) atoms. The van der Waals surface area contributed by atoms with Gasteiger partial charge in [0.15, 0.2) is 0 Å². The molecule has 240 valence electrons. The number of hydrogen-bond donors (Lipinski definition) is 0. The molecule has 0 bridgehead atoms. The molecule has 1 aliphatic rings. The second-order valence-electron chi connectivity index (χ2n) is 14.6. The van der Waals surface area contributed by atoms with E-state index in [-0.39, 0.29) is 5.41 Å². The molecule has 0 spiro atoms. The molecular weight excluding hydrogens is 617 g/mol. The monoisotopic (exact) mass is 650 g/mol. The van der Waals surface area contributed by atoms with Crippen LogP contribution in [0, 0.1) is 0 Å². The highest BCUT2D eigenvalue weighted by atomic mass is 15.0. The summed E-state index contributed by atoms with van der Waals surface area (Å²) in [6.45, 7) is 4.71. The van der Waals surface area contributed by atoms with E-state index in [2.05, 4.69) is 193 Å². The van der Waals surface area contributed by atoms with Crippen molar-refractivity contribution in [3.05, 3.63) is 181 Å². The fourth-order valence-corrected chi connectivity index (χ4v) is 9.09. The van der Waals surface area contributed by atoms with Gasteiger partial charge in [0.25, 0.3) is 0 Å². The maximum absolute atomic E-state index is 2.46. The van der Waals surface area contributed by atoms with E-state index >= 15 is 0 Å². The Morgan fingerprint density at radius 3 is 1.96 bits per heavy atom. The lowest BCUT2D eigenvalue weighted by atomic mass is 9.81. The summed E-state index contributed by atoms with van der Waals surface area (Å²) in [6, 6.07) is 62.9. The van der Waals surface area contributed by atoms with Crippen molar-refractivity contribution in [1.82, 2.24) is 9.13 Å². The van der Waals surface area contributed by atoms with Crippen molar-refractivity contribution in [3.8, 4) is 33.6 Å². The van der Waals surface area contributed by atoms with Crippen molar-refractivity contribution in [2.75, 3.05) is 0 Å². The van der Waals surface area contributed by atoms with E-state index in [4.69, 9.17) is 0 Å². The molecule has 2 aromatic heterocycles. The zero-order chi connectivity index (χ0) is 33.8. The number of rotatable bonds is 3. The van der Waals surface area contributed by atoms with Crippen LogP contribution in [0.1, 0.15) is 25.0 Å². The van der Waals surface area contributed by atoms with Crippen LogP contribution in [-0.4, -0.2) is 9.13 Å². The molecule has 8 aromatic carbocycles. The number of para-hydroxylation sites is 2. The molecule has 0 aliphatic heterocycles. The average Bonchev–Trinajstić information content (AvgIpc) is 3.77. The Morgan fingerprint density at radius 1 is 0.373 bits per heavy atom. The van der Waals surface area contributed by atoms with Gasteiger partial charge >= 0.3 is 0 Å². The lowest BCUT2D eigenvalue weighted by Crippen LogP contribution is -2.14. The molecule has 0 unspecified atom stereocenters. The second kappa shape index (κ2) is 10.3. The molecule has 2 nitrogen and oxygen atoms in total. The van der Waals surface area contributed by atoms with Gasteiger partial charge in [-0.15, -0.1) is 0 Å². The first-order valence-corrected chi connectivity index (χ1v) is 17.9. The van der Waals surface area contributed by atoms with Crippen LogP contribution in [0.4, 0.5) is 0 Å². The first-order chi connectivity index (χ1) is 25.1. The highest BCUT2D eigenvalue weighted by Gasteiger charge is 2.35. The van der Waals surface area contributed by atoms with Crippen molar-refractivity contribution >= 4 is 54.4 Å². The second-order valence-corrected chi connectivity index (χ2v) is 14.6. The first kappa shape index (κ1) is 28.5. The number of fused-ring (bicyclic) bond motifs is 11. The molecule has 0 fully saturated rings. The van der Waals surface area contributed by atoms with Gasteiger partial charge in [-0.25, -0.2) is 0 Å². The summed E-state index contributed by atoms with van der Waals surface area (Å²) < 4.78 is 4.91. The fourth-order valence-electron chi connectivity index (χ4n) is 9.09. The minimum absolute atomic E-state index is 0.0414. The van der Waals surface area contributed by atoms with Crippen LogP contribution < -0.4 is 0 Å². The zero-order valence-electron chi connectivity index (χ0n) is 28.6. The van der Waals surface area contributed by atoms with Crippen LogP contribution in [0.25, 0.3) is 88.0 Å². The van der Waals surface area contributed by atoms with E-state index < -0.39 is 0 Å². The Bertz CT molecular complexity index is 3040. The molecule has 0 saturated carbocycles. The van der Waals surface area contributed by atoms with Gasteiger partial charge in [-0.05, 0) is 98.8 Å². The molecule has 2 heteroatoms. The SMILES string of the molecule is CC1(C)c2ccccc2-c2ccc(-c3cccc(-n4c5ccccc5c5cc6c7c8ccccc8ccc7n(-c7ccccc7)c6cc54)c3)cc21. The molecule has 10 aromatic rings. The Balaban J connectivity index is 1.17. The summed E-state index contributed by atoms with van der Waals surface area (Å²) in [5.74, 6) is 0. The lowest BCUT2D eigenvalue weighted by Gasteiger charge is -2.22. The van der Waals surface area contributed by atoms with Gasteiger partial charge in [0.05, 0.1) is 22.1 Å². The van der Waals surface area contributed by atoms with Crippen LogP contribution in [-0.2, 0) is 5.41 Å². The molecule has 11 rings (SSSR count). The molecular formula is C49H34N2. The third-order valence-corrected chi connectivity index (χ3v) is 11.5. The van der Waals surface area contributed by atoms with Crippen molar-refractivity contribution in [3.63, 3.8) is 0 Å². The van der Waals surface area contributed by atoms with E-state index in [1.807, 2.05) is 0 Å². The summed E-state index contributed by atoms with van der Waals surface area (Å²) in [5.41, 5.74) is 15.1. The van der Waals surface area contributed by atoms with E-state index in [9.17, 15) is 0 Å². The summed E-state index contributed by atoms with van der Waals surface area (Å²) in [4.78, 5) is 0. The number of nitrogens with zero attached hydrogens (tertiary/aromatic N) is 2. The quantitative estimate of drug-likeness (QED) is 0.180. The number of aromatic nitrogens is 2. The van der Waals surface area contributed by atoms with E-state index in [1.165, 1.54) is 93.5 Å². The van der Waals surface area contributed by atoms with Crippen molar-refractivity contribution < 1.29 is 0 Å². The van der Waals surface area contributed by atoms with Crippen molar-refractivity contribution in [2.45, 2.75) is 19.3 Å². The van der Waals surface area contributed by atoms with Crippen LogP contribution in [0.3, 0.4) is 0 Å². The Hall–Kier alpha value is -6.38. The number of hydrogen-bond acceptors (Lipinski definition) is 0. The summed E-state index contributed by atoms with van der Waals surface area (Å²) >= 11 is 0. The van der Waals surface area contributed by atoms with Crippen molar-refractivity contribution in [1.29, 1.82) is 0 Å². The fraction of sp³-hybridized carbons (Fsp3) is 0.0612.